The Labute approximate surface area is 181 Å². The average Bonchev–Trinajstić information content (AvgIpc) is 3.29. The molecule has 0 aliphatic heterocycles. The smallest absolute Gasteiger partial charge is 0.322 e. The molecule has 0 spiro atoms. The Morgan fingerprint density at radius 1 is 1.23 bits per heavy atom. The fourth-order valence-electron chi connectivity index (χ4n) is 3.33. The van der Waals surface area contributed by atoms with Crippen molar-refractivity contribution in [1.82, 2.24) is 24.7 Å². The Morgan fingerprint density at radius 2 is 1.97 bits per heavy atom. The second-order valence-electron chi connectivity index (χ2n) is 7.76. The third-order valence-electron chi connectivity index (χ3n) is 4.83. The fourth-order valence-corrected chi connectivity index (χ4v) is 3.33. The van der Waals surface area contributed by atoms with Crippen molar-refractivity contribution in [3.63, 3.8) is 0 Å². The third-order valence-corrected chi connectivity index (χ3v) is 4.83. The zero-order valence-corrected chi connectivity index (χ0v) is 18.3. The Morgan fingerprint density at radius 3 is 2.61 bits per heavy atom. The van der Waals surface area contributed by atoms with Crippen LogP contribution in [0.5, 0.6) is 0 Å². The van der Waals surface area contributed by atoms with Gasteiger partial charge in [-0.1, -0.05) is 29.4 Å². The van der Waals surface area contributed by atoms with E-state index in [9.17, 15) is 9.59 Å². The molecule has 31 heavy (non-hydrogen) atoms. The number of anilines is 1. The van der Waals surface area contributed by atoms with Gasteiger partial charge in [-0.3, -0.25) is 4.68 Å². The van der Waals surface area contributed by atoms with Crippen molar-refractivity contribution in [3.05, 3.63) is 64.8 Å². The molecule has 164 valence electrons. The largest absolute Gasteiger partial charge is 0.361 e. The maximum absolute atomic E-state index is 12.8. The van der Waals surface area contributed by atoms with Crippen LogP contribution in [0.4, 0.5) is 10.5 Å². The van der Waals surface area contributed by atoms with E-state index in [2.05, 4.69) is 20.5 Å². The molecule has 0 fully saturated rings. The molecule has 0 bridgehead atoms. The van der Waals surface area contributed by atoms with Gasteiger partial charge in [0.05, 0.1) is 30.7 Å². The summed E-state index contributed by atoms with van der Waals surface area (Å²) in [6.45, 7) is 5.36. The topological polar surface area (TPSA) is 96.5 Å². The van der Waals surface area contributed by atoms with Crippen LogP contribution in [0.15, 0.2) is 41.2 Å². The highest BCUT2D eigenvalue weighted by atomic mass is 16.5. The van der Waals surface area contributed by atoms with Gasteiger partial charge in [0.2, 0.25) is 0 Å². The van der Waals surface area contributed by atoms with E-state index in [-0.39, 0.29) is 12.6 Å². The number of rotatable bonds is 9. The molecule has 3 rings (SSSR count). The van der Waals surface area contributed by atoms with E-state index in [4.69, 9.17) is 4.52 Å². The summed E-state index contributed by atoms with van der Waals surface area (Å²) in [5.74, 6) is 0.743. The van der Waals surface area contributed by atoms with Crippen LogP contribution in [-0.2, 0) is 24.4 Å². The lowest BCUT2D eigenvalue weighted by atomic mass is 10.1. The van der Waals surface area contributed by atoms with E-state index in [1.165, 1.54) is 4.90 Å². The lowest BCUT2D eigenvalue weighted by Crippen LogP contribution is -2.35. The molecule has 0 radical (unpaired) electrons. The number of urea groups is 1. The van der Waals surface area contributed by atoms with Crippen molar-refractivity contribution < 1.29 is 14.1 Å². The molecule has 0 saturated carbocycles. The number of hydrogen-bond donors (Lipinski definition) is 1. The molecule has 3 aromatic rings. The maximum Gasteiger partial charge on any atom is 0.322 e. The van der Waals surface area contributed by atoms with Gasteiger partial charge in [-0.2, -0.15) is 5.10 Å². The van der Waals surface area contributed by atoms with Gasteiger partial charge in [0.1, 0.15) is 12.0 Å². The van der Waals surface area contributed by atoms with Crippen molar-refractivity contribution in [2.75, 3.05) is 26.0 Å². The number of aldehydes is 1. The predicted octanol–water partition coefficient (Wildman–Crippen LogP) is 2.83. The molecule has 1 aromatic carbocycles. The van der Waals surface area contributed by atoms with Crippen LogP contribution in [0.2, 0.25) is 0 Å². The maximum atomic E-state index is 12.8. The molecule has 1 N–H and O–H groups in total. The van der Waals surface area contributed by atoms with Gasteiger partial charge >= 0.3 is 6.03 Å². The minimum Gasteiger partial charge on any atom is -0.361 e. The summed E-state index contributed by atoms with van der Waals surface area (Å²) in [4.78, 5) is 27.5. The highest BCUT2D eigenvalue weighted by molar-refractivity contribution is 5.90. The molecular weight excluding hydrogens is 396 g/mol. The number of aryl methyl sites for hydroxylation is 2. The van der Waals surface area contributed by atoms with Crippen LogP contribution in [0, 0.1) is 13.8 Å². The van der Waals surface area contributed by atoms with Gasteiger partial charge in [0, 0.05) is 24.8 Å². The molecule has 0 aliphatic rings. The summed E-state index contributed by atoms with van der Waals surface area (Å²) in [6, 6.07) is 7.64. The molecule has 0 atom stereocenters. The normalized spacial score (nSPS) is 11.0. The number of benzene rings is 1. The van der Waals surface area contributed by atoms with Gasteiger partial charge in [-0.15, -0.1) is 0 Å². The standard InChI is InChI=1S/C22H28N6O3/c1-16-21(17(2)31-25-16)15-28-14-20(11-23-28)24-22(30)27(8-9-29)13-19-7-5-6-18(10-19)12-26(3)4/h5-7,9-11,14H,8,12-13,15H2,1-4H3,(H,24,30). The molecule has 0 aliphatic carbocycles. The predicted molar refractivity (Wildman–Crippen MR) is 117 cm³/mol. The molecule has 0 unspecified atom stereocenters. The lowest BCUT2D eigenvalue weighted by Gasteiger charge is -2.21. The summed E-state index contributed by atoms with van der Waals surface area (Å²) in [6.07, 6.45) is 4.04. The first-order valence-electron chi connectivity index (χ1n) is 10.0. The first kappa shape index (κ1) is 22.2. The molecule has 2 amide bonds. The quantitative estimate of drug-likeness (QED) is 0.531. The number of hydrogen-bond acceptors (Lipinski definition) is 6. The molecule has 9 nitrogen and oxygen atoms in total. The second-order valence-corrected chi connectivity index (χ2v) is 7.76. The molecular formula is C22H28N6O3. The number of amides is 2. The van der Waals surface area contributed by atoms with Gasteiger partial charge in [0.25, 0.3) is 0 Å². The number of carbonyl (C=O) groups excluding carboxylic acids is 2. The van der Waals surface area contributed by atoms with E-state index in [0.29, 0.717) is 18.8 Å². The third kappa shape index (κ3) is 6.02. The fraction of sp³-hybridized carbons (Fsp3) is 0.364. The van der Waals surface area contributed by atoms with Crippen LogP contribution in [0.25, 0.3) is 0 Å². The Balaban J connectivity index is 1.66. The van der Waals surface area contributed by atoms with Crippen molar-refractivity contribution >= 4 is 18.0 Å². The second kappa shape index (κ2) is 10.0. The van der Waals surface area contributed by atoms with Crippen molar-refractivity contribution in [1.29, 1.82) is 0 Å². The Bertz CT molecular complexity index is 1020. The lowest BCUT2D eigenvalue weighted by molar-refractivity contribution is -0.108. The van der Waals surface area contributed by atoms with Crippen LogP contribution in [0.1, 0.15) is 28.1 Å². The SMILES string of the molecule is Cc1noc(C)c1Cn1cc(NC(=O)N(CC=O)Cc2cccc(CN(C)C)c2)cn1. The van der Waals surface area contributed by atoms with Crippen LogP contribution in [-0.4, -0.2) is 57.7 Å². The van der Waals surface area contributed by atoms with E-state index in [1.54, 1.807) is 17.1 Å². The minimum atomic E-state index is -0.359. The summed E-state index contributed by atoms with van der Waals surface area (Å²) < 4.78 is 6.89. The van der Waals surface area contributed by atoms with Gasteiger partial charge in [0.15, 0.2) is 0 Å². The minimum absolute atomic E-state index is 0.00302. The number of nitrogens with one attached hydrogen (secondary N) is 1. The van der Waals surface area contributed by atoms with Crippen LogP contribution in [0.3, 0.4) is 0 Å². The Kier molecular flexibility index (Phi) is 7.19. The number of carbonyl (C=O) groups is 2. The summed E-state index contributed by atoms with van der Waals surface area (Å²) >= 11 is 0. The summed E-state index contributed by atoms with van der Waals surface area (Å²) in [5.41, 5.74) is 4.43. The van der Waals surface area contributed by atoms with Crippen molar-refractivity contribution in [2.24, 2.45) is 0 Å². The number of aromatic nitrogens is 3. The summed E-state index contributed by atoms with van der Waals surface area (Å²) in [5, 5.41) is 11.1. The molecule has 2 aromatic heterocycles. The monoisotopic (exact) mass is 424 g/mol. The van der Waals surface area contributed by atoms with Gasteiger partial charge in [-0.05, 0) is 39.1 Å². The van der Waals surface area contributed by atoms with Crippen LogP contribution < -0.4 is 5.32 Å². The highest BCUT2D eigenvalue weighted by Crippen LogP contribution is 2.16. The van der Waals surface area contributed by atoms with E-state index < -0.39 is 0 Å². The zero-order valence-electron chi connectivity index (χ0n) is 18.3. The highest BCUT2D eigenvalue weighted by Gasteiger charge is 2.16. The van der Waals surface area contributed by atoms with Gasteiger partial charge in [-0.25, -0.2) is 4.79 Å². The molecule has 9 heteroatoms. The molecule has 0 saturated heterocycles. The van der Waals surface area contributed by atoms with E-state index in [0.717, 1.165) is 41.0 Å². The average molecular weight is 425 g/mol. The first-order chi connectivity index (χ1) is 14.9. The first-order valence-corrected chi connectivity index (χ1v) is 10.0. The Hall–Kier alpha value is -3.46. The molecule has 2 heterocycles. The van der Waals surface area contributed by atoms with Crippen molar-refractivity contribution in [2.45, 2.75) is 33.5 Å². The van der Waals surface area contributed by atoms with Gasteiger partial charge < -0.3 is 24.4 Å². The van der Waals surface area contributed by atoms with E-state index >= 15 is 0 Å². The van der Waals surface area contributed by atoms with Crippen molar-refractivity contribution in [3.8, 4) is 0 Å². The van der Waals surface area contributed by atoms with Crippen LogP contribution >= 0.6 is 0 Å². The number of nitrogens with zero attached hydrogens (tertiary/aromatic N) is 5. The summed E-state index contributed by atoms with van der Waals surface area (Å²) in [7, 11) is 4.01. The zero-order chi connectivity index (χ0) is 22.4. The van der Waals surface area contributed by atoms with E-state index in [1.807, 2.05) is 52.2 Å².